The summed E-state index contributed by atoms with van der Waals surface area (Å²) in [5.74, 6) is -0.114. The van der Waals surface area contributed by atoms with Gasteiger partial charge in [-0.05, 0) is 53.2 Å². The molecule has 140 valence electrons. The summed E-state index contributed by atoms with van der Waals surface area (Å²) in [6.07, 6.45) is 2.31. The minimum absolute atomic E-state index is 0.114. The first kappa shape index (κ1) is 19.6. The fourth-order valence-corrected chi connectivity index (χ4v) is 3.37. The Bertz CT molecular complexity index is 373. The molecule has 3 aliphatic heterocycles. The van der Waals surface area contributed by atoms with Gasteiger partial charge in [-0.2, -0.15) is 0 Å². The van der Waals surface area contributed by atoms with Gasteiger partial charge < -0.3 is 19.9 Å². The van der Waals surface area contributed by atoms with E-state index in [2.05, 4.69) is 20.0 Å². The molecule has 6 nitrogen and oxygen atoms in total. The number of nitrogens with one attached hydrogen (secondary N) is 1. The third kappa shape index (κ3) is 7.92. The highest BCUT2D eigenvalue weighted by molar-refractivity contribution is 5.72. The lowest BCUT2D eigenvalue weighted by atomic mass is 10.2. The van der Waals surface area contributed by atoms with Gasteiger partial charge in [0.25, 0.3) is 0 Å². The zero-order valence-electron chi connectivity index (χ0n) is 15.9. The van der Waals surface area contributed by atoms with E-state index in [1.54, 1.807) is 0 Å². The minimum Gasteiger partial charge on any atom is -0.459 e. The van der Waals surface area contributed by atoms with E-state index in [1.807, 2.05) is 20.8 Å². The van der Waals surface area contributed by atoms with E-state index in [9.17, 15) is 4.79 Å². The second kappa shape index (κ2) is 9.70. The summed E-state index contributed by atoms with van der Waals surface area (Å²) in [7, 11) is 0. The molecular formula is C18H36N4O2. The van der Waals surface area contributed by atoms with Crippen molar-refractivity contribution in [2.75, 3.05) is 72.0 Å². The minimum atomic E-state index is -0.405. The van der Waals surface area contributed by atoms with E-state index in [-0.39, 0.29) is 5.97 Å². The highest BCUT2D eigenvalue weighted by Crippen LogP contribution is 2.08. The lowest BCUT2D eigenvalue weighted by Crippen LogP contribution is -2.48. The Hall–Kier alpha value is -0.690. The van der Waals surface area contributed by atoms with E-state index in [4.69, 9.17) is 4.74 Å². The Morgan fingerprint density at radius 1 is 0.875 bits per heavy atom. The molecular weight excluding hydrogens is 304 g/mol. The fraction of sp³-hybridized carbons (Fsp3) is 0.944. The van der Waals surface area contributed by atoms with Gasteiger partial charge in [-0.1, -0.05) is 0 Å². The maximum atomic E-state index is 12.1. The molecule has 0 saturated carbocycles. The van der Waals surface area contributed by atoms with Crippen molar-refractivity contribution in [3.8, 4) is 0 Å². The number of esters is 1. The van der Waals surface area contributed by atoms with Crippen LogP contribution in [0.5, 0.6) is 0 Å². The molecule has 0 aromatic rings. The lowest BCUT2D eigenvalue weighted by Gasteiger charge is -2.35. The third-order valence-electron chi connectivity index (χ3n) is 4.62. The maximum Gasteiger partial charge on any atom is 0.320 e. The highest BCUT2D eigenvalue weighted by Gasteiger charge is 2.20. The predicted octanol–water partition coefficient (Wildman–Crippen LogP) is 0.631. The largest absolute Gasteiger partial charge is 0.459 e. The zero-order valence-corrected chi connectivity index (χ0v) is 15.9. The average Bonchev–Trinajstić information content (AvgIpc) is 2.49. The van der Waals surface area contributed by atoms with Crippen LogP contribution in [0.3, 0.4) is 0 Å². The molecule has 0 radical (unpaired) electrons. The first-order chi connectivity index (χ1) is 11.4. The van der Waals surface area contributed by atoms with Crippen LogP contribution in [-0.2, 0) is 9.53 Å². The second-order valence-electron chi connectivity index (χ2n) is 8.00. The highest BCUT2D eigenvalue weighted by atomic mass is 16.6. The van der Waals surface area contributed by atoms with Gasteiger partial charge in [-0.3, -0.25) is 9.69 Å². The molecule has 0 aromatic carbocycles. The van der Waals surface area contributed by atoms with Gasteiger partial charge in [-0.25, -0.2) is 0 Å². The van der Waals surface area contributed by atoms with Crippen molar-refractivity contribution < 1.29 is 9.53 Å². The average molecular weight is 341 g/mol. The molecule has 3 saturated heterocycles. The lowest BCUT2D eigenvalue weighted by molar-refractivity contribution is -0.156. The molecule has 0 aliphatic carbocycles. The molecule has 0 unspecified atom stereocenters. The molecule has 3 heterocycles. The predicted molar refractivity (Wildman–Crippen MR) is 97.3 cm³/mol. The summed E-state index contributed by atoms with van der Waals surface area (Å²) in [5.41, 5.74) is -0.405. The molecule has 0 atom stereocenters. The number of piperazine rings is 1. The van der Waals surface area contributed by atoms with Gasteiger partial charge in [0.15, 0.2) is 0 Å². The molecule has 1 N–H and O–H groups in total. The van der Waals surface area contributed by atoms with Crippen LogP contribution >= 0.6 is 0 Å². The maximum absolute atomic E-state index is 12.1. The third-order valence-corrected chi connectivity index (χ3v) is 4.62. The summed E-state index contributed by atoms with van der Waals surface area (Å²) < 4.78 is 5.48. The number of hydrogen-bond donors (Lipinski definition) is 1. The van der Waals surface area contributed by atoms with Crippen molar-refractivity contribution in [2.24, 2.45) is 0 Å². The van der Waals surface area contributed by atoms with Crippen LogP contribution in [0, 0.1) is 0 Å². The normalized spacial score (nSPS) is 28.3. The van der Waals surface area contributed by atoms with Crippen molar-refractivity contribution in [1.29, 1.82) is 0 Å². The quantitative estimate of drug-likeness (QED) is 0.744. The monoisotopic (exact) mass is 340 g/mol. The summed E-state index contributed by atoms with van der Waals surface area (Å²) >= 11 is 0. The van der Waals surface area contributed by atoms with Crippen LogP contribution in [0.15, 0.2) is 0 Å². The van der Waals surface area contributed by atoms with Crippen molar-refractivity contribution in [3.63, 3.8) is 0 Å². The molecule has 24 heavy (non-hydrogen) atoms. The summed E-state index contributed by atoms with van der Waals surface area (Å²) in [6, 6.07) is 0. The first-order valence-corrected chi connectivity index (χ1v) is 9.52. The first-order valence-electron chi connectivity index (χ1n) is 9.52. The van der Waals surface area contributed by atoms with Crippen LogP contribution in [-0.4, -0.2) is 98.3 Å². The summed E-state index contributed by atoms with van der Waals surface area (Å²) in [6.45, 7) is 17.1. The van der Waals surface area contributed by atoms with Crippen molar-refractivity contribution >= 4 is 5.97 Å². The molecule has 2 bridgehead atoms. The number of ether oxygens (including phenoxy) is 1. The molecule has 6 heteroatoms. The number of carbonyl (C=O) groups is 1. The Balaban J connectivity index is 1.82. The Morgan fingerprint density at radius 2 is 1.50 bits per heavy atom. The molecule has 3 fully saturated rings. The van der Waals surface area contributed by atoms with Crippen LogP contribution in [0.25, 0.3) is 0 Å². The zero-order chi connectivity index (χ0) is 17.4. The number of hydrogen-bond acceptors (Lipinski definition) is 6. The van der Waals surface area contributed by atoms with Crippen molar-refractivity contribution in [3.05, 3.63) is 0 Å². The standard InChI is InChI=1S/C18H36N4O2/c1-18(2,3)24-17(23)16-22-10-5-9-21-14-12-20(13-15-21)8-4-6-19-7-11-22/h19H,4-16H2,1-3H3. The van der Waals surface area contributed by atoms with Crippen LogP contribution in [0.2, 0.25) is 0 Å². The van der Waals surface area contributed by atoms with Crippen molar-refractivity contribution in [1.82, 2.24) is 20.0 Å². The van der Waals surface area contributed by atoms with Gasteiger partial charge >= 0.3 is 5.97 Å². The SMILES string of the molecule is CC(C)(C)OC(=O)CN1CCCN2CCN(CCCNCC1)CC2. The van der Waals surface area contributed by atoms with Crippen LogP contribution in [0.1, 0.15) is 33.6 Å². The van der Waals surface area contributed by atoms with E-state index in [0.717, 1.165) is 39.1 Å². The number of carbonyl (C=O) groups excluding carboxylic acids is 1. The Morgan fingerprint density at radius 3 is 2.12 bits per heavy atom. The molecule has 3 aliphatic rings. The van der Waals surface area contributed by atoms with Crippen molar-refractivity contribution in [2.45, 2.75) is 39.2 Å². The summed E-state index contributed by atoms with van der Waals surface area (Å²) in [4.78, 5) is 19.5. The Labute approximate surface area is 147 Å². The molecule has 0 aromatic heterocycles. The van der Waals surface area contributed by atoms with Gasteiger partial charge in [0.05, 0.1) is 6.54 Å². The van der Waals surface area contributed by atoms with E-state index < -0.39 is 5.60 Å². The smallest absolute Gasteiger partial charge is 0.320 e. The molecule has 0 amide bonds. The van der Waals surface area contributed by atoms with Crippen LogP contribution < -0.4 is 5.32 Å². The van der Waals surface area contributed by atoms with Gasteiger partial charge in [0.2, 0.25) is 0 Å². The fourth-order valence-electron chi connectivity index (χ4n) is 3.37. The number of nitrogens with zero attached hydrogens (tertiary/aromatic N) is 3. The molecule has 0 spiro atoms. The van der Waals surface area contributed by atoms with Gasteiger partial charge in [0, 0.05) is 45.8 Å². The van der Waals surface area contributed by atoms with Gasteiger partial charge in [-0.15, -0.1) is 0 Å². The Kier molecular flexibility index (Phi) is 7.94. The van der Waals surface area contributed by atoms with Crippen LogP contribution in [0.4, 0.5) is 0 Å². The number of rotatable bonds is 2. The summed E-state index contributed by atoms with van der Waals surface area (Å²) in [5, 5.41) is 3.52. The molecule has 3 rings (SSSR count). The van der Waals surface area contributed by atoms with E-state index in [1.165, 1.54) is 39.1 Å². The topological polar surface area (TPSA) is 48.1 Å². The van der Waals surface area contributed by atoms with E-state index in [0.29, 0.717) is 6.54 Å². The second-order valence-corrected chi connectivity index (χ2v) is 8.00. The van der Waals surface area contributed by atoms with E-state index >= 15 is 0 Å². The number of fused-ring (bicyclic) bond motifs is 11. The van der Waals surface area contributed by atoms with Gasteiger partial charge in [0.1, 0.15) is 5.60 Å².